The van der Waals surface area contributed by atoms with Gasteiger partial charge in [-0.2, -0.15) is 0 Å². The van der Waals surface area contributed by atoms with E-state index in [2.05, 4.69) is 16.6 Å². The fourth-order valence-corrected chi connectivity index (χ4v) is 0.916. The SMILES string of the molecule is CCl.Cc1ncc(CO)c(C)c1O. The first kappa shape index (κ1) is 12.2. The molecule has 0 fully saturated rings. The summed E-state index contributed by atoms with van der Waals surface area (Å²) < 4.78 is 0. The zero-order valence-corrected chi connectivity index (χ0v) is 8.76. The molecule has 1 rings (SSSR count). The number of aliphatic hydroxyl groups excluding tert-OH is 1. The molecule has 1 aromatic rings. The van der Waals surface area contributed by atoms with Gasteiger partial charge in [-0.05, 0) is 19.4 Å². The maximum absolute atomic E-state index is 9.34. The Kier molecular flexibility index (Phi) is 5.42. The van der Waals surface area contributed by atoms with E-state index in [1.807, 2.05) is 0 Å². The standard InChI is InChI=1S/C8H11NO2.CH3Cl/c1-5-7(4-10)3-9-6(2)8(5)11;1-2/h3,10-11H,4H2,1-2H3;1H3. The maximum Gasteiger partial charge on any atom is 0.140 e. The Labute approximate surface area is 83.0 Å². The molecule has 0 amide bonds. The van der Waals surface area contributed by atoms with Gasteiger partial charge in [0.15, 0.2) is 0 Å². The molecule has 0 spiro atoms. The van der Waals surface area contributed by atoms with Crippen molar-refractivity contribution in [2.24, 2.45) is 0 Å². The van der Waals surface area contributed by atoms with Crippen molar-refractivity contribution in [3.63, 3.8) is 0 Å². The highest BCUT2D eigenvalue weighted by Crippen LogP contribution is 2.21. The number of hydrogen-bond acceptors (Lipinski definition) is 3. The fourth-order valence-electron chi connectivity index (χ4n) is 0.916. The van der Waals surface area contributed by atoms with Gasteiger partial charge in [0.25, 0.3) is 0 Å². The van der Waals surface area contributed by atoms with E-state index in [1.165, 1.54) is 6.38 Å². The summed E-state index contributed by atoms with van der Waals surface area (Å²) in [6.07, 6.45) is 3.05. The number of nitrogens with zero attached hydrogens (tertiary/aromatic N) is 1. The maximum atomic E-state index is 9.34. The molecule has 0 unspecified atom stereocenters. The van der Waals surface area contributed by atoms with Crippen LogP contribution in [0.4, 0.5) is 0 Å². The van der Waals surface area contributed by atoms with Crippen molar-refractivity contribution >= 4 is 11.6 Å². The van der Waals surface area contributed by atoms with Crippen molar-refractivity contribution in [3.8, 4) is 5.75 Å². The third-order valence-corrected chi connectivity index (χ3v) is 1.76. The molecule has 0 saturated carbocycles. The number of aromatic nitrogens is 1. The van der Waals surface area contributed by atoms with E-state index in [4.69, 9.17) is 5.11 Å². The Morgan fingerprint density at radius 2 is 1.92 bits per heavy atom. The molecule has 1 heterocycles. The van der Waals surface area contributed by atoms with Gasteiger partial charge in [0, 0.05) is 18.1 Å². The molecule has 0 radical (unpaired) electrons. The first-order valence-corrected chi connectivity index (χ1v) is 4.55. The lowest BCUT2D eigenvalue weighted by molar-refractivity contribution is 0.279. The van der Waals surface area contributed by atoms with E-state index in [1.54, 1.807) is 20.0 Å². The van der Waals surface area contributed by atoms with Crippen LogP contribution in [0.3, 0.4) is 0 Å². The molecule has 0 saturated heterocycles. The number of aliphatic hydroxyl groups is 1. The average molecular weight is 204 g/mol. The predicted octanol–water partition coefficient (Wildman–Crippen LogP) is 1.75. The van der Waals surface area contributed by atoms with Gasteiger partial charge < -0.3 is 10.2 Å². The second-order valence-electron chi connectivity index (χ2n) is 2.50. The number of halogens is 1. The highest BCUT2D eigenvalue weighted by atomic mass is 35.5. The Bertz CT molecular complexity index is 277. The smallest absolute Gasteiger partial charge is 0.140 e. The van der Waals surface area contributed by atoms with Gasteiger partial charge >= 0.3 is 0 Å². The van der Waals surface area contributed by atoms with E-state index in [0.29, 0.717) is 16.8 Å². The molecule has 0 aliphatic heterocycles. The predicted molar refractivity (Wildman–Crippen MR) is 53.1 cm³/mol. The van der Waals surface area contributed by atoms with Crippen LogP contribution in [0.5, 0.6) is 5.75 Å². The lowest BCUT2D eigenvalue weighted by Gasteiger charge is -2.05. The summed E-state index contributed by atoms with van der Waals surface area (Å²) in [6, 6.07) is 0. The minimum absolute atomic E-state index is 0.0767. The Morgan fingerprint density at radius 1 is 1.38 bits per heavy atom. The summed E-state index contributed by atoms with van der Waals surface area (Å²) in [4.78, 5) is 3.90. The van der Waals surface area contributed by atoms with Crippen LogP contribution >= 0.6 is 11.6 Å². The Hall–Kier alpha value is -0.800. The van der Waals surface area contributed by atoms with Crippen LogP contribution in [0.1, 0.15) is 16.8 Å². The molecule has 0 aromatic carbocycles. The van der Waals surface area contributed by atoms with Crippen LogP contribution in [0.25, 0.3) is 0 Å². The quantitative estimate of drug-likeness (QED) is 0.684. The lowest BCUT2D eigenvalue weighted by atomic mass is 10.1. The highest BCUT2D eigenvalue weighted by molar-refractivity contribution is 6.15. The van der Waals surface area contributed by atoms with Crippen LogP contribution in [0, 0.1) is 13.8 Å². The second-order valence-corrected chi connectivity index (χ2v) is 2.50. The van der Waals surface area contributed by atoms with Crippen LogP contribution in [-0.4, -0.2) is 21.6 Å². The molecule has 1 aromatic heterocycles. The normalized spacial score (nSPS) is 9.00. The summed E-state index contributed by atoms with van der Waals surface area (Å²) in [5.74, 6) is 0.177. The van der Waals surface area contributed by atoms with Gasteiger partial charge in [0.05, 0.1) is 12.3 Å². The Morgan fingerprint density at radius 3 is 2.38 bits per heavy atom. The minimum Gasteiger partial charge on any atom is -0.506 e. The molecular weight excluding hydrogens is 190 g/mol. The number of alkyl halides is 1. The van der Waals surface area contributed by atoms with Gasteiger partial charge in [-0.1, -0.05) is 0 Å². The molecular formula is C9H14ClNO2. The summed E-state index contributed by atoms with van der Waals surface area (Å²) in [5.41, 5.74) is 1.98. The van der Waals surface area contributed by atoms with E-state index < -0.39 is 0 Å². The molecule has 0 bridgehead atoms. The molecule has 3 nitrogen and oxygen atoms in total. The minimum atomic E-state index is -0.0767. The number of rotatable bonds is 1. The first-order valence-electron chi connectivity index (χ1n) is 3.79. The third kappa shape index (κ3) is 2.86. The number of aryl methyl sites for hydroxylation is 1. The van der Waals surface area contributed by atoms with Crippen molar-refractivity contribution in [1.82, 2.24) is 4.98 Å². The van der Waals surface area contributed by atoms with E-state index in [9.17, 15) is 5.11 Å². The molecule has 2 N–H and O–H groups in total. The van der Waals surface area contributed by atoms with Gasteiger partial charge in [0.1, 0.15) is 5.75 Å². The van der Waals surface area contributed by atoms with Crippen molar-refractivity contribution in [2.45, 2.75) is 20.5 Å². The summed E-state index contributed by atoms with van der Waals surface area (Å²) >= 11 is 4.64. The number of pyridine rings is 1. The highest BCUT2D eigenvalue weighted by Gasteiger charge is 2.05. The van der Waals surface area contributed by atoms with Crippen LogP contribution in [0.2, 0.25) is 0 Å². The van der Waals surface area contributed by atoms with Crippen molar-refractivity contribution in [1.29, 1.82) is 0 Å². The van der Waals surface area contributed by atoms with Crippen molar-refractivity contribution < 1.29 is 10.2 Å². The lowest BCUT2D eigenvalue weighted by Crippen LogP contribution is -1.93. The molecule has 74 valence electrons. The summed E-state index contributed by atoms with van der Waals surface area (Å²) in [6.45, 7) is 3.41. The van der Waals surface area contributed by atoms with Gasteiger partial charge in [-0.15, -0.1) is 11.6 Å². The zero-order chi connectivity index (χ0) is 10.4. The summed E-state index contributed by atoms with van der Waals surface area (Å²) in [5, 5.41) is 18.1. The zero-order valence-electron chi connectivity index (χ0n) is 8.00. The average Bonchev–Trinajstić information content (AvgIpc) is 2.18. The second kappa shape index (κ2) is 5.78. The molecule has 0 aliphatic carbocycles. The molecule has 4 heteroatoms. The molecule has 0 atom stereocenters. The fraction of sp³-hybridized carbons (Fsp3) is 0.444. The van der Waals surface area contributed by atoms with E-state index in [-0.39, 0.29) is 12.4 Å². The largest absolute Gasteiger partial charge is 0.506 e. The number of hydrogen-bond donors (Lipinski definition) is 2. The monoisotopic (exact) mass is 203 g/mol. The van der Waals surface area contributed by atoms with Gasteiger partial charge in [-0.3, -0.25) is 4.98 Å². The molecule has 0 aliphatic rings. The van der Waals surface area contributed by atoms with Gasteiger partial charge in [-0.25, -0.2) is 0 Å². The third-order valence-electron chi connectivity index (χ3n) is 1.76. The summed E-state index contributed by atoms with van der Waals surface area (Å²) in [7, 11) is 0. The van der Waals surface area contributed by atoms with Crippen molar-refractivity contribution in [3.05, 3.63) is 23.0 Å². The first-order chi connectivity index (χ1) is 6.16. The topological polar surface area (TPSA) is 53.4 Å². The van der Waals surface area contributed by atoms with Crippen LogP contribution in [-0.2, 0) is 6.61 Å². The van der Waals surface area contributed by atoms with Crippen LogP contribution in [0.15, 0.2) is 6.20 Å². The van der Waals surface area contributed by atoms with Gasteiger partial charge in [0.2, 0.25) is 0 Å². The van der Waals surface area contributed by atoms with E-state index in [0.717, 1.165) is 0 Å². The van der Waals surface area contributed by atoms with Crippen LogP contribution < -0.4 is 0 Å². The van der Waals surface area contributed by atoms with Crippen molar-refractivity contribution in [2.75, 3.05) is 6.38 Å². The molecule has 13 heavy (non-hydrogen) atoms. The number of aromatic hydroxyl groups is 1. The Balaban J connectivity index is 0.000000671. The van der Waals surface area contributed by atoms with E-state index >= 15 is 0 Å².